The lowest BCUT2D eigenvalue weighted by Gasteiger charge is -0.413. The first-order valence-corrected chi connectivity index (χ1v) is 0. The van der Waals surface area contributed by atoms with E-state index in [-0.39, 0.29) is 279 Å². The van der Waals surface area contributed by atoms with E-state index >= 15 is 0 Å². The Morgan fingerprint density at radius 1 is 0.0196 bits per heavy atom. The minimum absolute atomic E-state index is 0. The van der Waals surface area contributed by atoms with Crippen LogP contribution in [0.25, 0.3) is 0 Å². The predicted molar refractivity (Wildman–Crippen MR) is 184 cm³/mol. The molecule has 0 aromatic carbocycles. The third-order valence-electron chi connectivity index (χ3n) is 0. The van der Waals surface area contributed by atoms with Gasteiger partial charge >= 0.3 is 0 Å². The van der Waals surface area contributed by atoms with Crippen LogP contribution in [0, 0.1) is 0 Å². The molecule has 51 heavy (non-hydrogen) atoms. The van der Waals surface area contributed by atoms with E-state index in [4.69, 9.17) is 0 Å². The highest BCUT2D eigenvalue weighted by Crippen LogP contribution is -0.239. The van der Waals surface area contributed by atoms with E-state index in [9.17, 15) is 0 Å². The van der Waals surface area contributed by atoms with E-state index in [1.807, 2.05) is 0 Å². The van der Waals surface area contributed by atoms with Crippen LogP contribution in [0.1, 0.15) is 0 Å². The molecule has 102 N–H and O–H groups in total. The van der Waals surface area contributed by atoms with Crippen LogP contribution >= 0.6 is 0 Å². The highest BCUT2D eigenvalue weighted by atomic mass is 16.0. The van der Waals surface area contributed by atoms with Crippen molar-refractivity contribution >= 4 is 0 Å². The molecule has 51 nitrogen and oxygen atoms in total. The summed E-state index contributed by atoms with van der Waals surface area (Å²) >= 11 is 0. The molecular formula is H102O51. The lowest BCUT2D eigenvalue weighted by molar-refractivity contribution is 0.823. The average molecular weight is 919 g/mol. The third-order valence-corrected chi connectivity index (χ3v) is 0. The highest BCUT2D eigenvalue weighted by Gasteiger charge is -0.362. The maximum atomic E-state index is 0. The van der Waals surface area contributed by atoms with Crippen LogP contribution in [-0.2, 0) is 0 Å². The first-order valence-electron chi connectivity index (χ1n) is 0. The molecule has 0 saturated heterocycles. The van der Waals surface area contributed by atoms with Gasteiger partial charge in [0, 0.05) is 0 Å². The molecule has 0 saturated carbocycles. The van der Waals surface area contributed by atoms with Crippen molar-refractivity contribution in [2.24, 2.45) is 0 Å². The molecule has 0 aliphatic heterocycles. The van der Waals surface area contributed by atoms with Crippen LogP contribution in [0.5, 0.6) is 0 Å². The first kappa shape index (κ1) is 27100. The zero-order valence-corrected chi connectivity index (χ0v) is 25.5. The van der Waals surface area contributed by atoms with E-state index in [0.717, 1.165) is 0 Å². The Bertz CT molecular complexity index is 0. The molecule has 0 aliphatic carbocycles. The van der Waals surface area contributed by atoms with Crippen LogP contribution in [0.15, 0.2) is 0 Å². The van der Waals surface area contributed by atoms with Crippen LogP contribution in [0.3, 0.4) is 0 Å². The molecular weight excluding hydrogens is 816 g/mol. The zero-order chi connectivity index (χ0) is 0. The molecule has 51 heteroatoms. The molecule has 0 rings (SSSR count). The molecule has 0 unspecified atom stereocenters. The summed E-state index contributed by atoms with van der Waals surface area (Å²) in [6, 6.07) is 0. The van der Waals surface area contributed by atoms with Gasteiger partial charge in [0.25, 0.3) is 0 Å². The number of hydrogen-bond donors (Lipinski definition) is 0. The Kier molecular flexibility index (Phi) is 13500000. The minimum Gasteiger partial charge on any atom is -0.412 e. The Labute approximate surface area is 281 Å². The van der Waals surface area contributed by atoms with Gasteiger partial charge in [-0.05, 0) is 0 Å². The van der Waals surface area contributed by atoms with Crippen molar-refractivity contribution < 1.29 is 279 Å². The van der Waals surface area contributed by atoms with E-state index < -0.39 is 0 Å². The lowest BCUT2D eigenvalue weighted by atomic mass is 16.0. The SMILES string of the molecule is O.O.O.O.O.O.O.O.O.O.O.O.O.O.O.O.O.O.O.O.O.O.O.O.O.O.O.O.O.O.O.O.O.O.O.O.O.O.O.O.O.O.O.O.O.O.O.O.O.O.O. The highest BCUT2D eigenvalue weighted by molar-refractivity contribution is 0.874. The van der Waals surface area contributed by atoms with Gasteiger partial charge in [0.1, 0.15) is 0 Å². The second-order valence-corrected chi connectivity index (χ2v) is 0. The van der Waals surface area contributed by atoms with Gasteiger partial charge in [0.15, 0.2) is 0 Å². The lowest BCUT2D eigenvalue weighted by Crippen LogP contribution is -0.290. The predicted octanol–water partition coefficient (Wildman–Crippen LogP) is -42.1. The summed E-state index contributed by atoms with van der Waals surface area (Å²) in [5.41, 5.74) is 0. The second kappa shape index (κ2) is 25400. The Morgan fingerprint density at radius 3 is 0.0196 bits per heavy atom. The molecule has 0 amide bonds. The van der Waals surface area contributed by atoms with Crippen LogP contribution < -0.4 is 0 Å². The van der Waals surface area contributed by atoms with Crippen molar-refractivity contribution in [3.05, 3.63) is 0 Å². The molecule has 0 aromatic rings. The summed E-state index contributed by atoms with van der Waals surface area (Å²) in [6.45, 7) is 0. The summed E-state index contributed by atoms with van der Waals surface area (Å²) in [5.74, 6) is 0. The topological polar surface area (TPSA) is 1610 Å². The van der Waals surface area contributed by atoms with Gasteiger partial charge in [-0.2, -0.15) is 0 Å². The largest absolute Gasteiger partial charge is 0.412 e. The molecule has 0 aliphatic rings. The summed E-state index contributed by atoms with van der Waals surface area (Å²) in [7, 11) is 0. The fourth-order valence-electron chi connectivity index (χ4n) is 0. The molecule has 0 atom stereocenters. The maximum absolute atomic E-state index is 0. The molecule has 0 heterocycles. The Balaban J connectivity index is 0. The van der Waals surface area contributed by atoms with E-state index in [1.165, 1.54) is 0 Å². The van der Waals surface area contributed by atoms with Crippen molar-refractivity contribution in [2.45, 2.75) is 0 Å². The van der Waals surface area contributed by atoms with E-state index in [0.29, 0.717) is 0 Å². The molecule has 0 fully saturated rings. The molecule has 0 bridgehead atoms. The van der Waals surface area contributed by atoms with E-state index in [2.05, 4.69) is 0 Å². The summed E-state index contributed by atoms with van der Waals surface area (Å²) < 4.78 is 0. The van der Waals surface area contributed by atoms with Crippen molar-refractivity contribution in [2.75, 3.05) is 0 Å². The third kappa shape index (κ3) is 24300. The first-order chi connectivity index (χ1) is 0. The summed E-state index contributed by atoms with van der Waals surface area (Å²) in [6.07, 6.45) is 0. The van der Waals surface area contributed by atoms with Gasteiger partial charge < -0.3 is 279 Å². The van der Waals surface area contributed by atoms with Gasteiger partial charge in [0.05, 0.1) is 0 Å². The van der Waals surface area contributed by atoms with Gasteiger partial charge in [-0.25, -0.2) is 0 Å². The Hall–Kier alpha value is -2.04. The zero-order valence-electron chi connectivity index (χ0n) is 25.5. The fraction of sp³-hybridized carbons (Fsp3) is 0. The van der Waals surface area contributed by atoms with Gasteiger partial charge in [-0.1, -0.05) is 0 Å². The van der Waals surface area contributed by atoms with Crippen LogP contribution in [0.2, 0.25) is 0 Å². The maximum Gasteiger partial charge on any atom is -0.412 e. The number of hydrogen-bond acceptors (Lipinski definition) is 0. The number of rotatable bonds is 0. The molecule has 408 valence electrons. The minimum atomic E-state index is 0. The van der Waals surface area contributed by atoms with Crippen molar-refractivity contribution in [1.82, 2.24) is 0 Å². The summed E-state index contributed by atoms with van der Waals surface area (Å²) in [5, 5.41) is 0. The van der Waals surface area contributed by atoms with Crippen LogP contribution in [0.4, 0.5) is 0 Å². The molecule has 0 aromatic heterocycles. The monoisotopic (exact) mass is 919 g/mol. The van der Waals surface area contributed by atoms with Gasteiger partial charge in [-0.15, -0.1) is 0 Å². The molecule has 0 spiro atoms. The van der Waals surface area contributed by atoms with Crippen LogP contribution in [-0.4, -0.2) is 279 Å². The fourth-order valence-corrected chi connectivity index (χ4v) is 0. The summed E-state index contributed by atoms with van der Waals surface area (Å²) in [4.78, 5) is 0. The van der Waals surface area contributed by atoms with Gasteiger partial charge in [0.2, 0.25) is 0 Å². The molecule has 0 radical (unpaired) electrons. The normalized spacial score (nSPS) is 0. The van der Waals surface area contributed by atoms with Crippen molar-refractivity contribution in [1.29, 1.82) is 0 Å². The van der Waals surface area contributed by atoms with E-state index in [1.54, 1.807) is 0 Å². The van der Waals surface area contributed by atoms with Gasteiger partial charge in [-0.3, -0.25) is 0 Å². The van der Waals surface area contributed by atoms with Crippen molar-refractivity contribution in [3.8, 4) is 0 Å². The Morgan fingerprint density at radius 2 is 0.0196 bits per heavy atom. The standard InChI is InChI=1S/51H2O/h51*1H2. The smallest absolute Gasteiger partial charge is 0.412 e. The average Bonchev–Trinajstić information content (AvgIpc) is 0. The second-order valence-electron chi connectivity index (χ2n) is 0. The van der Waals surface area contributed by atoms with Crippen molar-refractivity contribution in [3.63, 3.8) is 0 Å². The quantitative estimate of drug-likeness (QED) is 0.219.